The standard InChI is InChI=1S/C27H27F5N4O5/c1-15(33-22(37)19-13-17(27(30,31)32)4-6-21(19)29)23(38)35-10-8-26(9-11-35)24(39)34(2)25(40)36(26)14-16-12-18(41-3)5-7-20(16)28/h4-7,12-13,15H,8-11,14H2,1-3H3,(H,33,37)/t15-/m1/s1. The summed E-state index contributed by atoms with van der Waals surface area (Å²) in [6, 6.07) is 3.56. The van der Waals surface area contributed by atoms with E-state index in [9.17, 15) is 41.1 Å². The molecule has 0 aliphatic carbocycles. The Balaban J connectivity index is 1.47. The van der Waals surface area contributed by atoms with Crippen molar-refractivity contribution in [2.45, 2.75) is 44.1 Å². The normalized spacial score (nSPS) is 17.7. The second kappa shape index (κ2) is 11.0. The Hall–Kier alpha value is -4.23. The Labute approximate surface area is 231 Å². The molecular formula is C27H27F5N4O5. The fourth-order valence-corrected chi connectivity index (χ4v) is 5.13. The summed E-state index contributed by atoms with van der Waals surface area (Å²) in [4.78, 5) is 55.4. The van der Waals surface area contributed by atoms with E-state index in [1.54, 1.807) is 0 Å². The highest BCUT2D eigenvalue weighted by molar-refractivity contribution is 6.07. The van der Waals surface area contributed by atoms with Gasteiger partial charge in [0.1, 0.15) is 29.0 Å². The molecule has 1 atom stereocenters. The molecule has 0 saturated carbocycles. The molecule has 0 radical (unpaired) electrons. The number of nitrogens with zero attached hydrogens (tertiary/aromatic N) is 3. The fraction of sp³-hybridized carbons (Fsp3) is 0.407. The predicted octanol–water partition coefficient (Wildman–Crippen LogP) is 3.57. The van der Waals surface area contributed by atoms with Gasteiger partial charge in [0.15, 0.2) is 0 Å². The molecule has 2 saturated heterocycles. The zero-order valence-corrected chi connectivity index (χ0v) is 22.3. The lowest BCUT2D eigenvalue weighted by Crippen LogP contribution is -2.59. The SMILES string of the molecule is COc1ccc(F)c(CN2C(=O)N(C)C(=O)C23CCN(C(=O)[C@@H](C)NC(=O)c2cc(C(F)(F)F)ccc2F)CC3)c1. The number of hydrogen-bond acceptors (Lipinski definition) is 5. The Morgan fingerprint density at radius 2 is 1.68 bits per heavy atom. The van der Waals surface area contributed by atoms with Gasteiger partial charge in [0.05, 0.1) is 24.8 Å². The average molecular weight is 583 g/mol. The van der Waals surface area contributed by atoms with Crippen molar-refractivity contribution in [1.82, 2.24) is 20.0 Å². The van der Waals surface area contributed by atoms with Gasteiger partial charge in [0, 0.05) is 25.7 Å². The number of benzene rings is 2. The second-order valence-electron chi connectivity index (χ2n) is 9.93. The summed E-state index contributed by atoms with van der Waals surface area (Å²) >= 11 is 0. The highest BCUT2D eigenvalue weighted by atomic mass is 19.4. The third-order valence-corrected chi connectivity index (χ3v) is 7.48. The summed E-state index contributed by atoms with van der Waals surface area (Å²) < 4.78 is 72.9. The molecule has 2 aromatic rings. The average Bonchev–Trinajstić information content (AvgIpc) is 3.09. The minimum absolute atomic E-state index is 0.0130. The van der Waals surface area contributed by atoms with Crippen LogP contribution in [0.3, 0.4) is 0 Å². The van der Waals surface area contributed by atoms with Gasteiger partial charge < -0.3 is 19.9 Å². The maximum Gasteiger partial charge on any atom is 0.416 e. The van der Waals surface area contributed by atoms with Crippen LogP contribution in [-0.2, 0) is 22.3 Å². The molecule has 2 aromatic carbocycles. The number of halogens is 5. The lowest BCUT2D eigenvalue weighted by molar-refractivity contribution is -0.141. The lowest BCUT2D eigenvalue weighted by atomic mass is 9.85. The van der Waals surface area contributed by atoms with Crippen LogP contribution in [0, 0.1) is 11.6 Å². The molecule has 1 N–H and O–H groups in total. The van der Waals surface area contributed by atoms with Crippen molar-refractivity contribution in [2.24, 2.45) is 0 Å². The molecule has 5 amide bonds. The van der Waals surface area contributed by atoms with E-state index in [1.165, 1.54) is 49.1 Å². The van der Waals surface area contributed by atoms with Crippen LogP contribution in [-0.4, -0.2) is 77.3 Å². The van der Waals surface area contributed by atoms with Crippen LogP contribution < -0.4 is 10.1 Å². The van der Waals surface area contributed by atoms with Crippen LogP contribution in [0.1, 0.15) is 41.3 Å². The van der Waals surface area contributed by atoms with E-state index in [0.29, 0.717) is 23.9 Å². The van der Waals surface area contributed by atoms with Crippen LogP contribution in [0.5, 0.6) is 5.75 Å². The highest BCUT2D eigenvalue weighted by Gasteiger charge is 2.57. The van der Waals surface area contributed by atoms with Crippen molar-refractivity contribution >= 4 is 23.8 Å². The topological polar surface area (TPSA) is 99.3 Å². The molecule has 14 heteroatoms. The molecule has 0 aromatic heterocycles. The van der Waals surface area contributed by atoms with E-state index in [2.05, 4.69) is 5.32 Å². The summed E-state index contributed by atoms with van der Waals surface area (Å²) in [5, 5.41) is 2.22. The van der Waals surface area contributed by atoms with E-state index < -0.39 is 64.3 Å². The molecule has 9 nitrogen and oxygen atoms in total. The number of alkyl halides is 3. The molecule has 1 spiro atoms. The number of carbonyl (C=O) groups excluding carboxylic acids is 4. The number of imide groups is 1. The number of rotatable bonds is 6. The van der Waals surface area contributed by atoms with E-state index in [0.717, 1.165) is 4.90 Å². The number of amides is 5. The molecule has 2 fully saturated rings. The van der Waals surface area contributed by atoms with Crippen LogP contribution in [0.15, 0.2) is 36.4 Å². The maximum absolute atomic E-state index is 14.6. The summed E-state index contributed by atoms with van der Waals surface area (Å²) in [5.74, 6) is -3.73. The van der Waals surface area contributed by atoms with Crippen LogP contribution >= 0.6 is 0 Å². The second-order valence-corrected chi connectivity index (χ2v) is 9.93. The third-order valence-electron chi connectivity index (χ3n) is 7.48. The zero-order valence-electron chi connectivity index (χ0n) is 22.3. The first kappa shape index (κ1) is 29.7. The quantitative estimate of drug-likeness (QED) is 0.415. The Kier molecular flexibility index (Phi) is 7.96. The zero-order chi connectivity index (χ0) is 30.3. The number of piperidine rings is 1. The van der Waals surface area contributed by atoms with Gasteiger partial charge in [-0.1, -0.05) is 0 Å². The number of likely N-dealkylation sites (N-methyl/N-ethyl adjacent to an activating group) is 1. The van der Waals surface area contributed by atoms with Crippen molar-refractivity contribution in [3.63, 3.8) is 0 Å². The number of methoxy groups -OCH3 is 1. The Morgan fingerprint density at radius 1 is 1.05 bits per heavy atom. The minimum atomic E-state index is -4.80. The maximum atomic E-state index is 14.6. The van der Waals surface area contributed by atoms with E-state index in [4.69, 9.17) is 4.74 Å². The largest absolute Gasteiger partial charge is 0.497 e. The first-order chi connectivity index (χ1) is 19.2. The van der Waals surface area contributed by atoms with Crippen molar-refractivity contribution < 1.29 is 45.9 Å². The number of carbonyl (C=O) groups is 4. The number of hydrogen-bond donors (Lipinski definition) is 1. The summed E-state index contributed by atoms with van der Waals surface area (Å²) in [7, 11) is 2.72. The molecular weight excluding hydrogens is 555 g/mol. The monoisotopic (exact) mass is 582 g/mol. The van der Waals surface area contributed by atoms with Gasteiger partial charge in [-0.2, -0.15) is 13.2 Å². The third kappa shape index (κ3) is 5.55. The number of ether oxygens (including phenoxy) is 1. The molecule has 0 bridgehead atoms. The van der Waals surface area contributed by atoms with Crippen LogP contribution in [0.25, 0.3) is 0 Å². The Morgan fingerprint density at radius 3 is 2.29 bits per heavy atom. The van der Waals surface area contributed by atoms with Gasteiger partial charge in [0.2, 0.25) is 5.91 Å². The van der Waals surface area contributed by atoms with Gasteiger partial charge in [-0.05, 0) is 56.2 Å². The molecule has 220 valence electrons. The molecule has 41 heavy (non-hydrogen) atoms. The molecule has 4 rings (SSSR count). The first-order valence-electron chi connectivity index (χ1n) is 12.6. The molecule has 2 aliphatic rings. The summed E-state index contributed by atoms with van der Waals surface area (Å²) in [6.07, 6.45) is -4.77. The van der Waals surface area contributed by atoms with E-state index in [-0.39, 0.29) is 38.0 Å². The van der Waals surface area contributed by atoms with Crippen LogP contribution in [0.4, 0.5) is 26.7 Å². The summed E-state index contributed by atoms with van der Waals surface area (Å²) in [6.45, 7) is 1.05. The first-order valence-corrected chi connectivity index (χ1v) is 12.6. The number of likely N-dealkylation sites (tertiary alicyclic amines) is 1. The van der Waals surface area contributed by atoms with Gasteiger partial charge in [0.25, 0.3) is 11.8 Å². The van der Waals surface area contributed by atoms with Crippen molar-refractivity contribution in [1.29, 1.82) is 0 Å². The van der Waals surface area contributed by atoms with E-state index in [1.807, 2.05) is 0 Å². The van der Waals surface area contributed by atoms with Gasteiger partial charge >= 0.3 is 12.2 Å². The predicted molar refractivity (Wildman–Crippen MR) is 134 cm³/mol. The number of nitrogens with one attached hydrogen (secondary N) is 1. The molecule has 0 unspecified atom stereocenters. The highest BCUT2D eigenvalue weighted by Crippen LogP contribution is 2.38. The van der Waals surface area contributed by atoms with Crippen molar-refractivity contribution in [3.05, 3.63) is 64.7 Å². The smallest absolute Gasteiger partial charge is 0.416 e. The van der Waals surface area contributed by atoms with Crippen molar-refractivity contribution in [3.8, 4) is 5.75 Å². The fourth-order valence-electron chi connectivity index (χ4n) is 5.13. The van der Waals surface area contributed by atoms with Gasteiger partial charge in [-0.25, -0.2) is 13.6 Å². The van der Waals surface area contributed by atoms with Gasteiger partial charge in [-0.3, -0.25) is 19.3 Å². The van der Waals surface area contributed by atoms with Crippen LogP contribution in [0.2, 0.25) is 0 Å². The number of urea groups is 1. The van der Waals surface area contributed by atoms with Gasteiger partial charge in [-0.15, -0.1) is 0 Å². The molecule has 2 aliphatic heterocycles. The summed E-state index contributed by atoms with van der Waals surface area (Å²) in [5.41, 5.74) is -3.29. The minimum Gasteiger partial charge on any atom is -0.497 e. The Bertz CT molecular complexity index is 1390. The molecule has 2 heterocycles. The van der Waals surface area contributed by atoms with E-state index >= 15 is 0 Å². The lowest BCUT2D eigenvalue weighted by Gasteiger charge is -2.42. The van der Waals surface area contributed by atoms with Crippen molar-refractivity contribution in [2.75, 3.05) is 27.2 Å².